The Hall–Kier alpha value is -0.610. The second-order valence-corrected chi connectivity index (χ2v) is 5.84. The molecular formula is C13H24N2O2. The first kappa shape index (κ1) is 12.8. The van der Waals surface area contributed by atoms with Crippen LogP contribution in [0.4, 0.5) is 0 Å². The highest BCUT2D eigenvalue weighted by atomic mass is 16.4. The molecule has 0 amide bonds. The van der Waals surface area contributed by atoms with Gasteiger partial charge < -0.3 is 10.0 Å². The lowest BCUT2D eigenvalue weighted by Crippen LogP contribution is -2.39. The van der Waals surface area contributed by atoms with E-state index in [0.29, 0.717) is 12.1 Å². The summed E-state index contributed by atoms with van der Waals surface area (Å²) in [6.45, 7) is 7.03. The molecule has 0 aromatic carbocycles. The third-order valence-corrected chi connectivity index (χ3v) is 4.89. The molecule has 4 heteroatoms. The number of nitrogens with zero attached hydrogens (tertiary/aromatic N) is 2. The summed E-state index contributed by atoms with van der Waals surface area (Å²) in [7, 11) is 2.16. The van der Waals surface area contributed by atoms with E-state index in [9.17, 15) is 9.90 Å². The zero-order valence-corrected chi connectivity index (χ0v) is 11.1. The summed E-state index contributed by atoms with van der Waals surface area (Å²) in [6.07, 6.45) is 2.74. The molecule has 0 aromatic rings. The fraction of sp³-hybridized carbons (Fsp3) is 0.923. The molecule has 1 N–H and O–H groups in total. The average Bonchev–Trinajstić information content (AvgIpc) is 2.84. The number of carboxylic acids is 1. The van der Waals surface area contributed by atoms with E-state index >= 15 is 0 Å². The van der Waals surface area contributed by atoms with Crippen LogP contribution in [0.25, 0.3) is 0 Å². The van der Waals surface area contributed by atoms with Crippen LogP contribution in [0.2, 0.25) is 0 Å². The van der Waals surface area contributed by atoms with Crippen molar-refractivity contribution in [2.75, 3.05) is 26.7 Å². The maximum absolute atomic E-state index is 11.4. The minimum absolute atomic E-state index is 0.482. The molecule has 0 spiro atoms. The Morgan fingerprint density at radius 3 is 2.65 bits per heavy atom. The lowest BCUT2D eigenvalue weighted by atomic mass is 9.84. The highest BCUT2D eigenvalue weighted by Gasteiger charge is 2.46. The van der Waals surface area contributed by atoms with Gasteiger partial charge in [0.2, 0.25) is 0 Å². The minimum atomic E-state index is -0.609. The van der Waals surface area contributed by atoms with E-state index in [0.717, 1.165) is 32.5 Å². The standard InChI is InChI=1S/C13H24N2O2/c1-4-13(12(16)17)5-6-15(9-13)11-7-10(2)14(3)8-11/h10-11H,4-9H2,1-3H3,(H,16,17). The van der Waals surface area contributed by atoms with Crippen molar-refractivity contribution in [3.63, 3.8) is 0 Å². The number of likely N-dealkylation sites (tertiary alicyclic amines) is 2. The third kappa shape index (κ3) is 2.20. The normalized spacial score (nSPS) is 39.9. The molecule has 17 heavy (non-hydrogen) atoms. The SMILES string of the molecule is CCC1(C(=O)O)CCN(C2CC(C)N(C)C2)C1. The molecule has 0 radical (unpaired) electrons. The molecule has 2 heterocycles. The van der Waals surface area contributed by atoms with Crippen molar-refractivity contribution in [2.45, 2.75) is 45.2 Å². The molecule has 2 aliphatic heterocycles. The van der Waals surface area contributed by atoms with Gasteiger partial charge in [0.25, 0.3) is 0 Å². The topological polar surface area (TPSA) is 43.8 Å². The van der Waals surface area contributed by atoms with Crippen LogP contribution in [-0.4, -0.2) is 59.6 Å². The molecule has 98 valence electrons. The summed E-state index contributed by atoms with van der Waals surface area (Å²) >= 11 is 0. The lowest BCUT2D eigenvalue weighted by molar-refractivity contribution is -0.148. The van der Waals surface area contributed by atoms with Gasteiger partial charge in [-0.25, -0.2) is 0 Å². The minimum Gasteiger partial charge on any atom is -0.481 e. The molecule has 3 atom stereocenters. The molecule has 0 aliphatic carbocycles. The van der Waals surface area contributed by atoms with E-state index in [1.54, 1.807) is 0 Å². The summed E-state index contributed by atoms with van der Waals surface area (Å²) in [5.74, 6) is -0.609. The van der Waals surface area contributed by atoms with Crippen LogP contribution in [0.5, 0.6) is 0 Å². The Morgan fingerprint density at radius 2 is 2.24 bits per heavy atom. The first-order valence-corrected chi connectivity index (χ1v) is 6.66. The van der Waals surface area contributed by atoms with Gasteiger partial charge in [-0.2, -0.15) is 0 Å². The molecule has 2 saturated heterocycles. The third-order valence-electron chi connectivity index (χ3n) is 4.89. The summed E-state index contributed by atoms with van der Waals surface area (Å²) in [5, 5.41) is 9.39. The molecule has 2 fully saturated rings. The molecule has 0 aromatic heterocycles. The maximum Gasteiger partial charge on any atom is 0.310 e. The van der Waals surface area contributed by atoms with E-state index in [2.05, 4.69) is 23.8 Å². The summed E-state index contributed by atoms with van der Waals surface area (Å²) < 4.78 is 0. The molecule has 2 rings (SSSR count). The van der Waals surface area contributed by atoms with Crippen molar-refractivity contribution < 1.29 is 9.90 Å². The van der Waals surface area contributed by atoms with Crippen LogP contribution in [0.15, 0.2) is 0 Å². The number of carbonyl (C=O) groups is 1. The number of hydrogen-bond donors (Lipinski definition) is 1. The summed E-state index contributed by atoms with van der Waals surface area (Å²) in [5.41, 5.74) is -0.482. The van der Waals surface area contributed by atoms with E-state index in [4.69, 9.17) is 0 Å². The summed E-state index contributed by atoms with van der Waals surface area (Å²) in [6, 6.07) is 1.18. The van der Waals surface area contributed by atoms with Gasteiger partial charge in [0.15, 0.2) is 0 Å². The van der Waals surface area contributed by atoms with Crippen LogP contribution < -0.4 is 0 Å². The Kier molecular flexibility index (Phi) is 3.46. The fourth-order valence-electron chi connectivity index (χ4n) is 3.26. The van der Waals surface area contributed by atoms with Crippen molar-refractivity contribution in [1.82, 2.24) is 9.80 Å². The maximum atomic E-state index is 11.4. The zero-order valence-electron chi connectivity index (χ0n) is 11.1. The summed E-state index contributed by atoms with van der Waals surface area (Å²) in [4.78, 5) is 16.2. The van der Waals surface area contributed by atoms with Gasteiger partial charge in [0.05, 0.1) is 5.41 Å². The largest absolute Gasteiger partial charge is 0.481 e. The monoisotopic (exact) mass is 240 g/mol. The van der Waals surface area contributed by atoms with Gasteiger partial charge in [-0.15, -0.1) is 0 Å². The zero-order chi connectivity index (χ0) is 12.6. The van der Waals surface area contributed by atoms with Gasteiger partial charge in [-0.3, -0.25) is 9.69 Å². The number of hydrogen-bond acceptors (Lipinski definition) is 3. The van der Waals surface area contributed by atoms with Gasteiger partial charge >= 0.3 is 5.97 Å². The predicted molar refractivity (Wildman–Crippen MR) is 67.0 cm³/mol. The Bertz CT molecular complexity index is 298. The molecule has 0 bridgehead atoms. The lowest BCUT2D eigenvalue weighted by Gasteiger charge is -2.27. The van der Waals surface area contributed by atoms with E-state index in [1.807, 2.05) is 6.92 Å². The van der Waals surface area contributed by atoms with E-state index < -0.39 is 11.4 Å². The van der Waals surface area contributed by atoms with Crippen molar-refractivity contribution in [3.05, 3.63) is 0 Å². The number of likely N-dealkylation sites (N-methyl/N-ethyl adjacent to an activating group) is 1. The highest BCUT2D eigenvalue weighted by molar-refractivity contribution is 5.75. The fourth-order valence-corrected chi connectivity index (χ4v) is 3.26. The first-order valence-electron chi connectivity index (χ1n) is 6.66. The van der Waals surface area contributed by atoms with Gasteiger partial charge in [-0.1, -0.05) is 6.92 Å². The Morgan fingerprint density at radius 1 is 1.53 bits per heavy atom. The quantitative estimate of drug-likeness (QED) is 0.806. The molecule has 3 unspecified atom stereocenters. The first-order chi connectivity index (χ1) is 7.98. The smallest absolute Gasteiger partial charge is 0.310 e. The second-order valence-electron chi connectivity index (χ2n) is 5.84. The highest BCUT2D eigenvalue weighted by Crippen LogP contribution is 2.37. The Balaban J connectivity index is 2.00. The second kappa shape index (κ2) is 4.58. The van der Waals surface area contributed by atoms with Crippen LogP contribution >= 0.6 is 0 Å². The molecular weight excluding hydrogens is 216 g/mol. The van der Waals surface area contributed by atoms with Crippen LogP contribution in [0, 0.1) is 5.41 Å². The van der Waals surface area contributed by atoms with Gasteiger partial charge in [-0.05, 0) is 39.8 Å². The molecule has 4 nitrogen and oxygen atoms in total. The van der Waals surface area contributed by atoms with Crippen molar-refractivity contribution in [1.29, 1.82) is 0 Å². The van der Waals surface area contributed by atoms with Crippen LogP contribution in [-0.2, 0) is 4.79 Å². The van der Waals surface area contributed by atoms with Crippen LogP contribution in [0.1, 0.15) is 33.1 Å². The number of rotatable bonds is 3. The van der Waals surface area contributed by atoms with Crippen LogP contribution in [0.3, 0.4) is 0 Å². The van der Waals surface area contributed by atoms with Crippen molar-refractivity contribution in [3.8, 4) is 0 Å². The van der Waals surface area contributed by atoms with Gasteiger partial charge in [0.1, 0.15) is 0 Å². The van der Waals surface area contributed by atoms with E-state index in [-0.39, 0.29) is 0 Å². The number of carboxylic acid groups (broad SMARTS) is 1. The molecule has 0 saturated carbocycles. The van der Waals surface area contributed by atoms with Gasteiger partial charge in [0, 0.05) is 25.2 Å². The van der Waals surface area contributed by atoms with Crippen molar-refractivity contribution in [2.24, 2.45) is 5.41 Å². The van der Waals surface area contributed by atoms with E-state index in [1.165, 1.54) is 6.42 Å². The predicted octanol–water partition coefficient (Wildman–Crippen LogP) is 1.27. The number of aliphatic carboxylic acids is 1. The molecule has 2 aliphatic rings. The Labute approximate surface area is 104 Å². The average molecular weight is 240 g/mol. The van der Waals surface area contributed by atoms with Crippen molar-refractivity contribution >= 4 is 5.97 Å².